The van der Waals surface area contributed by atoms with Gasteiger partial charge < -0.3 is 5.32 Å². The van der Waals surface area contributed by atoms with Crippen LogP contribution in [-0.2, 0) is 0 Å². The summed E-state index contributed by atoms with van der Waals surface area (Å²) in [6, 6.07) is 5.79. The van der Waals surface area contributed by atoms with Crippen molar-refractivity contribution in [2.75, 3.05) is 0 Å². The SMILES string of the molecule is CCCC(NC1CCCCC1C(C)C)c1cccs1. The molecule has 0 amide bonds. The third-order valence-electron chi connectivity index (χ3n) is 4.55. The Hall–Kier alpha value is -0.340. The van der Waals surface area contributed by atoms with Gasteiger partial charge in [-0.1, -0.05) is 46.1 Å². The van der Waals surface area contributed by atoms with Crippen molar-refractivity contribution in [3.63, 3.8) is 0 Å². The minimum Gasteiger partial charge on any atom is -0.306 e. The van der Waals surface area contributed by atoms with Gasteiger partial charge in [-0.05, 0) is 42.5 Å². The van der Waals surface area contributed by atoms with Crippen molar-refractivity contribution in [1.29, 1.82) is 0 Å². The van der Waals surface area contributed by atoms with Crippen LogP contribution in [0.4, 0.5) is 0 Å². The zero-order chi connectivity index (χ0) is 13.7. The fraction of sp³-hybridized carbons (Fsp3) is 0.765. The number of thiophene rings is 1. The van der Waals surface area contributed by atoms with E-state index < -0.39 is 0 Å². The van der Waals surface area contributed by atoms with Crippen molar-refractivity contribution in [3.8, 4) is 0 Å². The van der Waals surface area contributed by atoms with E-state index in [0.29, 0.717) is 6.04 Å². The summed E-state index contributed by atoms with van der Waals surface area (Å²) in [5.41, 5.74) is 0. The fourth-order valence-corrected chi connectivity index (χ4v) is 4.33. The quantitative estimate of drug-likeness (QED) is 0.735. The summed E-state index contributed by atoms with van der Waals surface area (Å²) in [6.45, 7) is 7.08. The molecule has 2 rings (SSSR count). The Morgan fingerprint density at radius 2 is 2.11 bits per heavy atom. The molecule has 1 aromatic rings. The maximum Gasteiger partial charge on any atom is 0.0416 e. The van der Waals surface area contributed by atoms with E-state index in [1.807, 2.05) is 11.3 Å². The van der Waals surface area contributed by atoms with Crippen LogP contribution in [0, 0.1) is 11.8 Å². The summed E-state index contributed by atoms with van der Waals surface area (Å²) in [6.07, 6.45) is 8.15. The maximum atomic E-state index is 4.00. The number of hydrogen-bond acceptors (Lipinski definition) is 2. The van der Waals surface area contributed by atoms with Crippen molar-refractivity contribution < 1.29 is 0 Å². The Morgan fingerprint density at radius 1 is 1.32 bits per heavy atom. The van der Waals surface area contributed by atoms with Gasteiger partial charge in [0.25, 0.3) is 0 Å². The van der Waals surface area contributed by atoms with E-state index in [-0.39, 0.29) is 0 Å². The van der Waals surface area contributed by atoms with E-state index in [2.05, 4.69) is 43.6 Å². The van der Waals surface area contributed by atoms with Crippen molar-refractivity contribution in [2.45, 2.75) is 71.4 Å². The second-order valence-corrected chi connectivity index (χ2v) is 7.30. The summed E-state index contributed by atoms with van der Waals surface area (Å²) in [4.78, 5) is 1.52. The first-order valence-corrected chi connectivity index (χ1v) is 8.89. The smallest absolute Gasteiger partial charge is 0.0416 e. The molecule has 1 aliphatic carbocycles. The van der Waals surface area contributed by atoms with Gasteiger partial charge in [0.05, 0.1) is 0 Å². The molecule has 2 heteroatoms. The van der Waals surface area contributed by atoms with Crippen molar-refractivity contribution in [3.05, 3.63) is 22.4 Å². The van der Waals surface area contributed by atoms with Gasteiger partial charge in [0.2, 0.25) is 0 Å². The molecule has 1 fully saturated rings. The van der Waals surface area contributed by atoms with Crippen LogP contribution in [0.15, 0.2) is 17.5 Å². The summed E-state index contributed by atoms with van der Waals surface area (Å²) in [7, 11) is 0. The molecule has 3 unspecified atom stereocenters. The summed E-state index contributed by atoms with van der Waals surface area (Å²) in [5, 5.41) is 6.21. The largest absolute Gasteiger partial charge is 0.306 e. The van der Waals surface area contributed by atoms with Crippen LogP contribution in [-0.4, -0.2) is 6.04 Å². The molecule has 1 heterocycles. The number of hydrogen-bond donors (Lipinski definition) is 1. The molecular weight excluding hydrogens is 250 g/mol. The minimum absolute atomic E-state index is 0.578. The second-order valence-electron chi connectivity index (χ2n) is 6.32. The molecular formula is C17H29NS. The van der Waals surface area contributed by atoms with E-state index in [1.54, 1.807) is 0 Å². The van der Waals surface area contributed by atoms with Crippen LogP contribution in [0.1, 0.15) is 70.2 Å². The van der Waals surface area contributed by atoms with Crippen molar-refractivity contribution in [1.82, 2.24) is 5.32 Å². The molecule has 0 aromatic carbocycles. The summed E-state index contributed by atoms with van der Waals surface area (Å²) in [5.74, 6) is 1.68. The first-order chi connectivity index (χ1) is 9.22. The molecule has 3 atom stereocenters. The van der Waals surface area contributed by atoms with Crippen LogP contribution >= 0.6 is 11.3 Å². The zero-order valence-electron chi connectivity index (χ0n) is 12.7. The molecule has 1 aromatic heterocycles. The molecule has 0 bridgehead atoms. The standard InChI is InChI=1S/C17H29NS/c1-4-8-16(17-11-7-12-19-17)18-15-10-6-5-9-14(15)13(2)3/h7,11-16,18H,4-6,8-10H2,1-3H3. The highest BCUT2D eigenvalue weighted by atomic mass is 32.1. The highest BCUT2D eigenvalue weighted by molar-refractivity contribution is 7.10. The van der Waals surface area contributed by atoms with Gasteiger partial charge in [-0.15, -0.1) is 11.3 Å². The van der Waals surface area contributed by atoms with Crippen LogP contribution in [0.3, 0.4) is 0 Å². The first kappa shape index (κ1) is 15.1. The maximum absolute atomic E-state index is 4.00. The molecule has 1 saturated carbocycles. The molecule has 108 valence electrons. The molecule has 0 saturated heterocycles. The lowest BCUT2D eigenvalue weighted by Gasteiger charge is -2.37. The molecule has 0 spiro atoms. The van der Waals surface area contributed by atoms with Gasteiger partial charge >= 0.3 is 0 Å². The molecule has 1 N–H and O–H groups in total. The first-order valence-electron chi connectivity index (χ1n) is 8.01. The lowest BCUT2D eigenvalue weighted by Crippen LogP contribution is -2.42. The van der Waals surface area contributed by atoms with E-state index in [4.69, 9.17) is 0 Å². The van der Waals surface area contributed by atoms with Gasteiger partial charge in [-0.3, -0.25) is 0 Å². The molecule has 1 aliphatic rings. The Kier molecular flexibility index (Phi) is 5.90. The lowest BCUT2D eigenvalue weighted by molar-refractivity contribution is 0.190. The van der Waals surface area contributed by atoms with Gasteiger partial charge in [0.1, 0.15) is 0 Å². The van der Waals surface area contributed by atoms with Crippen LogP contribution in [0.5, 0.6) is 0 Å². The van der Waals surface area contributed by atoms with E-state index >= 15 is 0 Å². The average Bonchev–Trinajstić information content (AvgIpc) is 2.92. The fourth-order valence-electron chi connectivity index (χ4n) is 3.51. The number of rotatable bonds is 6. The Balaban J connectivity index is 2.02. The zero-order valence-corrected chi connectivity index (χ0v) is 13.5. The van der Waals surface area contributed by atoms with Gasteiger partial charge in [-0.2, -0.15) is 0 Å². The van der Waals surface area contributed by atoms with Crippen molar-refractivity contribution in [2.24, 2.45) is 11.8 Å². The monoisotopic (exact) mass is 279 g/mol. The average molecular weight is 279 g/mol. The van der Waals surface area contributed by atoms with Gasteiger partial charge in [0, 0.05) is 17.0 Å². The minimum atomic E-state index is 0.578. The van der Waals surface area contributed by atoms with Crippen LogP contribution in [0.2, 0.25) is 0 Å². The Morgan fingerprint density at radius 3 is 2.74 bits per heavy atom. The third kappa shape index (κ3) is 4.06. The second kappa shape index (κ2) is 7.44. The summed E-state index contributed by atoms with van der Waals surface area (Å²) >= 11 is 1.91. The molecule has 0 radical (unpaired) electrons. The highest BCUT2D eigenvalue weighted by Gasteiger charge is 2.29. The van der Waals surface area contributed by atoms with Crippen molar-refractivity contribution >= 4 is 11.3 Å². The topological polar surface area (TPSA) is 12.0 Å². The van der Waals surface area contributed by atoms with E-state index in [9.17, 15) is 0 Å². The lowest BCUT2D eigenvalue weighted by atomic mass is 9.77. The Labute approximate surface area is 122 Å². The Bertz CT molecular complexity index is 344. The highest BCUT2D eigenvalue weighted by Crippen LogP contribution is 2.33. The van der Waals surface area contributed by atoms with Crippen LogP contribution < -0.4 is 5.32 Å². The van der Waals surface area contributed by atoms with Crippen LogP contribution in [0.25, 0.3) is 0 Å². The van der Waals surface area contributed by atoms with Gasteiger partial charge in [0.15, 0.2) is 0 Å². The summed E-state index contributed by atoms with van der Waals surface area (Å²) < 4.78 is 0. The molecule has 0 aliphatic heterocycles. The molecule has 19 heavy (non-hydrogen) atoms. The normalized spacial score (nSPS) is 25.7. The van der Waals surface area contributed by atoms with E-state index in [0.717, 1.165) is 17.9 Å². The predicted octanol–water partition coefficient (Wildman–Crippen LogP) is 5.39. The predicted molar refractivity (Wildman–Crippen MR) is 85.7 cm³/mol. The number of nitrogens with one attached hydrogen (secondary N) is 1. The van der Waals surface area contributed by atoms with E-state index in [1.165, 1.54) is 43.4 Å². The van der Waals surface area contributed by atoms with Gasteiger partial charge in [-0.25, -0.2) is 0 Å². The molecule has 1 nitrogen and oxygen atoms in total. The third-order valence-corrected chi connectivity index (χ3v) is 5.54.